The minimum atomic E-state index is -0.423. The summed E-state index contributed by atoms with van der Waals surface area (Å²) in [6.07, 6.45) is 0. The predicted molar refractivity (Wildman–Crippen MR) is 89.0 cm³/mol. The van der Waals surface area contributed by atoms with Crippen molar-refractivity contribution in [2.45, 2.75) is 19.5 Å². The first-order chi connectivity index (χ1) is 12.4. The normalized spacial score (nSPS) is 15.7. The summed E-state index contributed by atoms with van der Waals surface area (Å²) in [4.78, 5) is 2.14. The summed E-state index contributed by atoms with van der Waals surface area (Å²) in [5.74, 6) is 0.347. The molecule has 0 N–H and O–H groups in total. The van der Waals surface area contributed by atoms with Gasteiger partial charge in [-0.05, 0) is 24.6 Å². The van der Waals surface area contributed by atoms with Crippen molar-refractivity contribution in [1.29, 1.82) is 0 Å². The average Bonchev–Trinajstić information content (AvgIpc) is 2.65. The van der Waals surface area contributed by atoms with Gasteiger partial charge in [0.15, 0.2) is 0 Å². The minimum Gasteiger partial charge on any atom is -0.492 e. The van der Waals surface area contributed by atoms with Crippen molar-refractivity contribution < 1.29 is 11.6 Å². The Morgan fingerprint density at radius 3 is 2.57 bits per heavy atom. The summed E-state index contributed by atoms with van der Waals surface area (Å²) in [5, 5.41) is 0. The zero-order valence-electron chi connectivity index (χ0n) is 17.0. The van der Waals surface area contributed by atoms with Crippen molar-refractivity contribution in [3.05, 3.63) is 66.1 Å². The number of alkyl halides is 1. The molecule has 0 aliphatic heterocycles. The third kappa shape index (κ3) is 5.41. The molecular weight excluding hydrogens is 282 g/mol. The lowest BCUT2D eigenvalue weighted by Gasteiger charge is -2.28. The van der Waals surface area contributed by atoms with Gasteiger partial charge in [0.25, 0.3) is 0 Å². The van der Waals surface area contributed by atoms with E-state index in [0.29, 0.717) is 19.0 Å². The van der Waals surface area contributed by atoms with Crippen molar-refractivity contribution in [2.75, 3.05) is 19.0 Å². The maximum absolute atomic E-state index is 7.92. The molecule has 2 aromatic carbocycles. The van der Waals surface area contributed by atoms with Crippen LogP contribution in [0.25, 0.3) is 0 Å². The van der Waals surface area contributed by atoms with Gasteiger partial charge in [-0.25, -0.2) is 0 Å². The van der Waals surface area contributed by atoms with Crippen LogP contribution in [0.3, 0.4) is 0 Å². The quantitative estimate of drug-likeness (QED) is 0.678. The minimum absolute atomic E-state index is 0.0493. The molecule has 21 heavy (non-hydrogen) atoms. The van der Waals surface area contributed by atoms with Gasteiger partial charge >= 0.3 is 0 Å². The van der Waals surface area contributed by atoms with E-state index in [4.69, 9.17) is 23.2 Å². The second-order valence-corrected chi connectivity index (χ2v) is 5.14. The van der Waals surface area contributed by atoms with Gasteiger partial charge in [-0.15, -0.1) is 11.6 Å². The van der Waals surface area contributed by atoms with Gasteiger partial charge in [-0.2, -0.15) is 0 Å². The van der Waals surface area contributed by atoms with E-state index in [1.807, 2.05) is 37.3 Å². The summed E-state index contributed by atoms with van der Waals surface area (Å²) >= 11 is 5.92. The van der Waals surface area contributed by atoms with Crippen molar-refractivity contribution in [3.8, 4) is 5.75 Å². The number of hydrogen-bond donors (Lipinski definition) is 0. The van der Waals surface area contributed by atoms with E-state index in [1.165, 1.54) is 0 Å². The van der Waals surface area contributed by atoms with E-state index in [0.717, 1.165) is 5.56 Å². The van der Waals surface area contributed by atoms with Crippen LogP contribution in [-0.4, -0.2) is 30.0 Å². The SMILES string of the molecule is [2H]c1c([2H])c([2H])c(OCC(C)N(CCCl)Cc2ccccc2)c([2H])c1[2H]. The molecule has 0 aromatic heterocycles. The van der Waals surface area contributed by atoms with E-state index in [1.54, 1.807) is 0 Å². The Balaban J connectivity index is 2.12. The van der Waals surface area contributed by atoms with E-state index in [-0.39, 0.29) is 30.5 Å². The first-order valence-corrected chi connectivity index (χ1v) is 7.44. The number of rotatable bonds is 8. The maximum Gasteiger partial charge on any atom is 0.119 e. The fourth-order valence-corrected chi connectivity index (χ4v) is 2.22. The molecule has 0 spiro atoms. The summed E-state index contributed by atoms with van der Waals surface area (Å²) in [6, 6.07) is 8.07. The zero-order valence-corrected chi connectivity index (χ0v) is 12.8. The lowest BCUT2D eigenvalue weighted by Crippen LogP contribution is -2.38. The third-order valence-electron chi connectivity index (χ3n) is 3.17. The fraction of sp³-hybridized carbons (Fsp3) is 0.333. The van der Waals surface area contributed by atoms with Gasteiger partial charge < -0.3 is 4.74 Å². The molecule has 0 amide bonds. The Hall–Kier alpha value is -1.51. The highest BCUT2D eigenvalue weighted by Gasteiger charge is 2.14. The Morgan fingerprint density at radius 2 is 1.90 bits per heavy atom. The Morgan fingerprint density at radius 1 is 1.19 bits per heavy atom. The number of halogens is 1. The molecule has 112 valence electrons. The van der Waals surface area contributed by atoms with E-state index in [2.05, 4.69) is 4.90 Å². The van der Waals surface area contributed by atoms with E-state index < -0.39 is 18.1 Å². The summed E-state index contributed by atoms with van der Waals surface area (Å²) in [6.45, 7) is 3.50. The summed E-state index contributed by atoms with van der Waals surface area (Å²) in [7, 11) is 0. The molecule has 3 heteroatoms. The first kappa shape index (κ1) is 10.3. The topological polar surface area (TPSA) is 12.5 Å². The highest BCUT2D eigenvalue weighted by atomic mass is 35.5. The molecule has 0 radical (unpaired) electrons. The lowest BCUT2D eigenvalue weighted by atomic mass is 10.2. The van der Waals surface area contributed by atoms with Crippen LogP contribution < -0.4 is 4.74 Å². The van der Waals surface area contributed by atoms with Gasteiger partial charge in [-0.1, -0.05) is 48.5 Å². The van der Waals surface area contributed by atoms with Crippen molar-refractivity contribution in [1.82, 2.24) is 4.90 Å². The van der Waals surface area contributed by atoms with Gasteiger partial charge in [0.1, 0.15) is 12.4 Å². The van der Waals surface area contributed by atoms with Gasteiger partial charge in [0.05, 0.1) is 6.85 Å². The van der Waals surface area contributed by atoms with Crippen LogP contribution >= 0.6 is 11.6 Å². The largest absolute Gasteiger partial charge is 0.492 e. The van der Waals surface area contributed by atoms with Gasteiger partial charge in [-0.3, -0.25) is 4.90 Å². The fourth-order valence-electron chi connectivity index (χ4n) is 2.00. The van der Waals surface area contributed by atoms with Gasteiger partial charge in [0, 0.05) is 25.0 Å². The number of para-hydroxylation sites is 1. The predicted octanol–water partition coefficient (Wildman–Crippen LogP) is 4.19. The monoisotopic (exact) mass is 308 g/mol. The second kappa shape index (κ2) is 8.71. The molecular formula is C18H22ClNO. The highest BCUT2D eigenvalue weighted by Crippen LogP contribution is 2.12. The van der Waals surface area contributed by atoms with Crippen molar-refractivity contribution >= 4 is 11.6 Å². The van der Waals surface area contributed by atoms with Crippen LogP contribution in [0.1, 0.15) is 19.3 Å². The first-order valence-electron chi connectivity index (χ1n) is 9.40. The molecule has 1 unspecified atom stereocenters. The number of nitrogens with zero attached hydrogens (tertiary/aromatic N) is 1. The molecule has 2 rings (SSSR count). The number of benzene rings is 2. The number of ether oxygens (including phenoxy) is 1. The third-order valence-corrected chi connectivity index (χ3v) is 3.34. The smallest absolute Gasteiger partial charge is 0.119 e. The molecule has 1 atom stereocenters. The maximum atomic E-state index is 7.92. The molecule has 0 saturated heterocycles. The average molecular weight is 309 g/mol. The standard InChI is InChI=1S/C18H22ClNO/c1-16(15-21-18-10-6-3-7-11-18)20(13-12-19)14-17-8-4-2-5-9-17/h2-11,16H,12-15H2,1H3/i3D,6D,7D,10D,11D. The Kier molecular flexibility index (Phi) is 4.25. The zero-order chi connectivity index (χ0) is 19.3. The molecule has 2 nitrogen and oxygen atoms in total. The molecule has 0 bridgehead atoms. The Labute approximate surface area is 139 Å². The molecule has 2 aromatic rings. The van der Waals surface area contributed by atoms with Crippen molar-refractivity contribution in [3.63, 3.8) is 0 Å². The van der Waals surface area contributed by atoms with Gasteiger partial charge in [0.2, 0.25) is 0 Å². The van der Waals surface area contributed by atoms with E-state index in [9.17, 15) is 0 Å². The van der Waals surface area contributed by atoms with Crippen LogP contribution in [0.15, 0.2) is 60.5 Å². The van der Waals surface area contributed by atoms with Crippen LogP contribution in [-0.2, 0) is 6.54 Å². The van der Waals surface area contributed by atoms with Crippen LogP contribution in [0, 0.1) is 0 Å². The number of hydrogen-bond acceptors (Lipinski definition) is 2. The molecule has 0 aliphatic carbocycles. The van der Waals surface area contributed by atoms with Crippen LogP contribution in [0.5, 0.6) is 5.75 Å². The van der Waals surface area contributed by atoms with Crippen LogP contribution in [0.2, 0.25) is 0 Å². The van der Waals surface area contributed by atoms with Crippen LogP contribution in [0.4, 0.5) is 0 Å². The molecule has 0 saturated carbocycles. The molecule has 0 aliphatic rings. The summed E-state index contributed by atoms with van der Waals surface area (Å²) in [5.41, 5.74) is 1.15. The summed E-state index contributed by atoms with van der Waals surface area (Å²) < 4.78 is 44.5. The van der Waals surface area contributed by atoms with Crippen molar-refractivity contribution in [2.24, 2.45) is 0 Å². The molecule has 0 heterocycles. The molecule has 0 fully saturated rings. The Bertz CT molecular complexity index is 715. The lowest BCUT2D eigenvalue weighted by molar-refractivity contribution is 0.146. The second-order valence-electron chi connectivity index (χ2n) is 4.76. The highest BCUT2D eigenvalue weighted by molar-refractivity contribution is 6.18. The van der Waals surface area contributed by atoms with E-state index >= 15 is 0 Å².